The Morgan fingerprint density at radius 1 is 0.892 bits per heavy atom. The van der Waals surface area contributed by atoms with Gasteiger partial charge in [0, 0.05) is 27.6 Å². The summed E-state index contributed by atoms with van der Waals surface area (Å²) in [6.07, 6.45) is 7.75. The second-order valence-electron chi connectivity index (χ2n) is 9.61. The van der Waals surface area contributed by atoms with Crippen molar-refractivity contribution < 1.29 is 9.47 Å². The third-order valence-corrected chi connectivity index (χ3v) is 7.67. The molecule has 194 valence electrons. The maximum absolute atomic E-state index is 6.60. The maximum atomic E-state index is 6.60. The number of benzene rings is 3. The molecule has 0 saturated carbocycles. The number of hydrogen-bond acceptors (Lipinski definition) is 4. The first-order chi connectivity index (χ1) is 18.0. The van der Waals surface area contributed by atoms with E-state index in [1.807, 2.05) is 59.6 Å². The Balaban J connectivity index is 1.35. The van der Waals surface area contributed by atoms with Crippen molar-refractivity contribution in [2.45, 2.75) is 64.1 Å². The predicted octanol–water partition coefficient (Wildman–Crippen LogP) is 9.63. The smallest absolute Gasteiger partial charge is 0.213 e. The molecule has 2 atom stereocenters. The zero-order valence-electron chi connectivity index (χ0n) is 20.9. The van der Waals surface area contributed by atoms with Crippen LogP contribution < -0.4 is 9.47 Å². The van der Waals surface area contributed by atoms with E-state index in [4.69, 9.17) is 49.4 Å². The number of nitrogens with zero attached hydrogens (tertiary/aromatic N) is 2. The lowest BCUT2D eigenvalue weighted by Crippen LogP contribution is -2.33. The molecule has 2 aliphatic heterocycles. The van der Waals surface area contributed by atoms with Gasteiger partial charge in [0.1, 0.15) is 11.5 Å². The molecule has 4 nitrogen and oxygen atoms in total. The lowest BCUT2D eigenvalue weighted by Gasteiger charge is -2.38. The highest BCUT2D eigenvalue weighted by Gasteiger charge is 2.42. The number of rotatable bonds is 10. The molecule has 0 aliphatic carbocycles. The molecule has 0 bridgehead atoms. The normalized spacial score (nSPS) is 18.2. The summed E-state index contributed by atoms with van der Waals surface area (Å²) >= 11 is 19.1. The molecule has 0 aromatic heterocycles. The van der Waals surface area contributed by atoms with Crippen LogP contribution in [0.4, 0.5) is 0 Å². The fraction of sp³-hybridized carbons (Fsp3) is 0.367. The van der Waals surface area contributed by atoms with E-state index in [0.29, 0.717) is 27.2 Å². The van der Waals surface area contributed by atoms with E-state index in [9.17, 15) is 0 Å². The molecule has 0 unspecified atom stereocenters. The number of ether oxygens (including phenoxy) is 2. The number of halogens is 3. The lowest BCUT2D eigenvalue weighted by molar-refractivity contribution is -0.0189. The molecule has 0 radical (unpaired) electrons. The van der Waals surface area contributed by atoms with Crippen molar-refractivity contribution in [1.82, 2.24) is 5.01 Å². The van der Waals surface area contributed by atoms with E-state index in [-0.39, 0.29) is 6.04 Å². The van der Waals surface area contributed by atoms with Gasteiger partial charge in [-0.2, -0.15) is 5.10 Å². The number of unbranched alkanes of at least 4 members (excludes halogenated alkanes) is 5. The van der Waals surface area contributed by atoms with E-state index >= 15 is 0 Å². The molecule has 0 fully saturated rings. The molecule has 0 spiro atoms. The van der Waals surface area contributed by atoms with Crippen LogP contribution in [-0.4, -0.2) is 17.3 Å². The Bertz CT molecular complexity index is 1240. The number of hydrazone groups is 1. The highest BCUT2D eigenvalue weighted by Crippen LogP contribution is 2.50. The summed E-state index contributed by atoms with van der Waals surface area (Å²) in [5, 5.41) is 8.81. The average molecular weight is 558 g/mol. The van der Waals surface area contributed by atoms with E-state index < -0.39 is 6.23 Å². The van der Waals surface area contributed by atoms with Crippen molar-refractivity contribution >= 4 is 40.5 Å². The first-order valence-corrected chi connectivity index (χ1v) is 14.2. The van der Waals surface area contributed by atoms with Crippen LogP contribution in [0.25, 0.3) is 0 Å². The second kappa shape index (κ2) is 12.0. The highest BCUT2D eigenvalue weighted by molar-refractivity contribution is 6.35. The molecule has 3 aromatic carbocycles. The van der Waals surface area contributed by atoms with E-state index in [1.54, 1.807) is 6.07 Å². The van der Waals surface area contributed by atoms with Gasteiger partial charge in [-0.05, 0) is 60.5 Å². The molecule has 3 aromatic rings. The van der Waals surface area contributed by atoms with Gasteiger partial charge >= 0.3 is 0 Å². The zero-order valence-corrected chi connectivity index (χ0v) is 23.2. The Morgan fingerprint density at radius 2 is 1.62 bits per heavy atom. The minimum atomic E-state index is -0.423. The van der Waals surface area contributed by atoms with Crippen LogP contribution in [0.3, 0.4) is 0 Å². The summed E-state index contributed by atoms with van der Waals surface area (Å²) in [4.78, 5) is 0. The minimum Gasteiger partial charge on any atom is -0.494 e. The van der Waals surface area contributed by atoms with Crippen molar-refractivity contribution in [3.05, 3.63) is 92.4 Å². The summed E-state index contributed by atoms with van der Waals surface area (Å²) in [5.41, 5.74) is 3.93. The summed E-state index contributed by atoms with van der Waals surface area (Å²) in [7, 11) is 0. The van der Waals surface area contributed by atoms with Gasteiger partial charge in [0.25, 0.3) is 0 Å². The molecule has 0 amide bonds. The Kier molecular flexibility index (Phi) is 8.49. The van der Waals surface area contributed by atoms with Gasteiger partial charge in [0.2, 0.25) is 6.23 Å². The molecule has 5 rings (SSSR count). The molecule has 2 heterocycles. The first kappa shape index (κ1) is 26.2. The quantitative estimate of drug-likeness (QED) is 0.233. The van der Waals surface area contributed by atoms with Crippen LogP contribution >= 0.6 is 34.8 Å². The van der Waals surface area contributed by atoms with Crippen LogP contribution in [0.5, 0.6) is 11.5 Å². The predicted molar refractivity (Wildman–Crippen MR) is 152 cm³/mol. The average Bonchev–Trinajstić information content (AvgIpc) is 3.35. The number of hydrogen-bond donors (Lipinski definition) is 0. The number of fused-ring (bicyclic) bond motifs is 3. The van der Waals surface area contributed by atoms with Crippen LogP contribution in [0.1, 0.15) is 80.8 Å². The van der Waals surface area contributed by atoms with Gasteiger partial charge < -0.3 is 9.47 Å². The largest absolute Gasteiger partial charge is 0.494 e. The molecule has 2 aliphatic rings. The second-order valence-corrected chi connectivity index (χ2v) is 10.9. The van der Waals surface area contributed by atoms with Crippen LogP contribution in [0, 0.1) is 0 Å². The Morgan fingerprint density at radius 3 is 2.38 bits per heavy atom. The molecule has 0 N–H and O–H groups in total. The van der Waals surface area contributed by atoms with Gasteiger partial charge in [-0.1, -0.05) is 86.0 Å². The first-order valence-electron chi connectivity index (χ1n) is 13.0. The van der Waals surface area contributed by atoms with Crippen molar-refractivity contribution in [2.75, 3.05) is 6.61 Å². The van der Waals surface area contributed by atoms with Crippen LogP contribution in [-0.2, 0) is 0 Å². The van der Waals surface area contributed by atoms with Crippen molar-refractivity contribution in [3.8, 4) is 11.5 Å². The topological polar surface area (TPSA) is 34.1 Å². The lowest BCUT2D eigenvalue weighted by atomic mass is 9.96. The van der Waals surface area contributed by atoms with Crippen molar-refractivity contribution in [2.24, 2.45) is 5.10 Å². The molecule has 37 heavy (non-hydrogen) atoms. The zero-order chi connectivity index (χ0) is 25.8. The van der Waals surface area contributed by atoms with E-state index in [1.165, 1.54) is 32.1 Å². The minimum absolute atomic E-state index is 0.0423. The van der Waals surface area contributed by atoms with Gasteiger partial charge in [0.15, 0.2) is 0 Å². The highest BCUT2D eigenvalue weighted by atomic mass is 35.5. The van der Waals surface area contributed by atoms with Gasteiger partial charge in [0.05, 0.1) is 23.4 Å². The van der Waals surface area contributed by atoms with Crippen molar-refractivity contribution in [3.63, 3.8) is 0 Å². The fourth-order valence-electron chi connectivity index (χ4n) is 4.95. The van der Waals surface area contributed by atoms with E-state index in [0.717, 1.165) is 41.2 Å². The summed E-state index contributed by atoms with van der Waals surface area (Å²) < 4.78 is 12.5. The van der Waals surface area contributed by atoms with Gasteiger partial charge in [-0.25, -0.2) is 5.01 Å². The SMILES string of the molecule is CCCCCCCCOc1ccc([C@@H]2Oc3c(Cl)cc(Cl)cc3[C@H]3CC(c4ccc(Cl)cc4)=NN32)cc1. The molecule has 7 heteroatoms. The molecular weight excluding hydrogens is 527 g/mol. The fourth-order valence-corrected chi connectivity index (χ4v) is 5.63. The Labute approximate surface area is 234 Å². The standard InChI is InChI=1S/C30H31Cl3N2O2/c1-2-3-4-5-6-7-16-36-24-14-10-21(11-15-24)30-35-28(25-17-23(32)18-26(33)29(25)37-30)19-27(34-35)20-8-12-22(31)13-9-20/h8-15,17-18,28,30H,2-7,16,19H2,1H3/t28-,30+/m1/s1. The maximum Gasteiger partial charge on any atom is 0.213 e. The summed E-state index contributed by atoms with van der Waals surface area (Å²) in [6, 6.07) is 19.5. The summed E-state index contributed by atoms with van der Waals surface area (Å²) in [6.45, 7) is 2.97. The van der Waals surface area contributed by atoms with Gasteiger partial charge in [-0.3, -0.25) is 0 Å². The van der Waals surface area contributed by atoms with E-state index in [2.05, 4.69) is 6.92 Å². The summed E-state index contributed by atoms with van der Waals surface area (Å²) in [5.74, 6) is 1.52. The molecular formula is C30H31Cl3N2O2. The van der Waals surface area contributed by atoms with Crippen LogP contribution in [0.2, 0.25) is 15.1 Å². The van der Waals surface area contributed by atoms with Crippen molar-refractivity contribution in [1.29, 1.82) is 0 Å². The third kappa shape index (κ3) is 6.03. The Hall–Kier alpha value is -2.40. The monoisotopic (exact) mass is 556 g/mol. The third-order valence-electron chi connectivity index (χ3n) is 6.92. The van der Waals surface area contributed by atoms with Crippen LogP contribution in [0.15, 0.2) is 65.8 Å². The molecule has 0 saturated heterocycles. The van der Waals surface area contributed by atoms with Gasteiger partial charge in [-0.15, -0.1) is 0 Å².